The lowest BCUT2D eigenvalue weighted by Gasteiger charge is -2.34. The number of rotatable bonds is 10. The van der Waals surface area contributed by atoms with Gasteiger partial charge >= 0.3 is 0 Å². The topological polar surface area (TPSA) is 86.8 Å². The van der Waals surface area contributed by atoms with Gasteiger partial charge in [0.15, 0.2) is 0 Å². The van der Waals surface area contributed by atoms with Gasteiger partial charge in [-0.1, -0.05) is 90.5 Å². The molecule has 0 aliphatic carbocycles. The van der Waals surface area contributed by atoms with Crippen LogP contribution in [0.15, 0.2) is 102 Å². The first-order valence-corrected chi connectivity index (χ1v) is 15.4. The Morgan fingerprint density at radius 2 is 1.43 bits per heavy atom. The molecular weight excluding hydrogens is 546 g/mol. The van der Waals surface area contributed by atoms with E-state index < -0.39 is 34.1 Å². The largest absolute Gasteiger partial charge is 0.350 e. The second-order valence-electron chi connectivity index (χ2n) is 11.7. The predicted octanol–water partition coefficient (Wildman–Crippen LogP) is 5.32. The van der Waals surface area contributed by atoms with E-state index in [2.05, 4.69) is 5.32 Å². The molecule has 8 heteroatoms. The van der Waals surface area contributed by atoms with Crippen molar-refractivity contribution < 1.29 is 18.0 Å². The van der Waals surface area contributed by atoms with E-state index in [0.29, 0.717) is 0 Å². The van der Waals surface area contributed by atoms with E-state index in [4.69, 9.17) is 0 Å². The van der Waals surface area contributed by atoms with Crippen LogP contribution in [0.5, 0.6) is 0 Å². The summed E-state index contributed by atoms with van der Waals surface area (Å²) in [6.07, 6.45) is 0.279. The number of nitrogens with zero attached hydrogens (tertiary/aromatic N) is 2. The zero-order chi connectivity index (χ0) is 30.5. The third-order valence-electron chi connectivity index (χ3n) is 7.03. The van der Waals surface area contributed by atoms with Crippen molar-refractivity contribution in [1.82, 2.24) is 14.5 Å². The molecule has 0 heterocycles. The van der Waals surface area contributed by atoms with Crippen molar-refractivity contribution in [1.29, 1.82) is 0 Å². The van der Waals surface area contributed by atoms with Gasteiger partial charge < -0.3 is 10.2 Å². The van der Waals surface area contributed by atoms with Crippen molar-refractivity contribution in [2.24, 2.45) is 0 Å². The normalized spacial score (nSPS) is 12.7. The average Bonchev–Trinajstić information content (AvgIpc) is 2.95. The summed E-state index contributed by atoms with van der Waals surface area (Å²) in [6.45, 7) is 7.38. The zero-order valence-corrected chi connectivity index (χ0v) is 25.7. The highest BCUT2D eigenvalue weighted by Gasteiger charge is 2.34. The van der Waals surface area contributed by atoms with Crippen LogP contribution in [-0.4, -0.2) is 54.6 Å². The van der Waals surface area contributed by atoms with E-state index in [0.717, 1.165) is 31.8 Å². The lowest BCUT2D eigenvalue weighted by atomic mass is 10.0. The first kappa shape index (κ1) is 30.9. The fourth-order valence-corrected chi connectivity index (χ4v) is 5.93. The molecule has 0 unspecified atom stereocenters. The molecule has 4 rings (SSSR count). The third-order valence-corrected chi connectivity index (χ3v) is 8.83. The van der Waals surface area contributed by atoms with Crippen molar-refractivity contribution in [2.45, 2.75) is 57.1 Å². The van der Waals surface area contributed by atoms with Crippen molar-refractivity contribution in [3.05, 3.63) is 114 Å². The van der Waals surface area contributed by atoms with Crippen LogP contribution in [-0.2, 0) is 32.6 Å². The van der Waals surface area contributed by atoms with Gasteiger partial charge in [0.1, 0.15) is 6.04 Å². The number of fused-ring (bicyclic) bond motifs is 1. The summed E-state index contributed by atoms with van der Waals surface area (Å²) in [5, 5.41) is 4.75. The van der Waals surface area contributed by atoms with Gasteiger partial charge in [-0.3, -0.25) is 9.59 Å². The van der Waals surface area contributed by atoms with Crippen LogP contribution in [0.4, 0.5) is 0 Å². The molecule has 0 aliphatic heterocycles. The van der Waals surface area contributed by atoms with Crippen LogP contribution in [0.3, 0.4) is 0 Å². The van der Waals surface area contributed by atoms with E-state index in [1.54, 1.807) is 18.2 Å². The minimum absolute atomic E-state index is 0.105. The van der Waals surface area contributed by atoms with Crippen LogP contribution in [0.2, 0.25) is 0 Å². The summed E-state index contributed by atoms with van der Waals surface area (Å²) in [5.74, 6) is -0.765. The van der Waals surface area contributed by atoms with Crippen LogP contribution < -0.4 is 5.32 Å². The summed E-state index contributed by atoms with van der Waals surface area (Å²) in [6, 6.07) is 28.9. The van der Waals surface area contributed by atoms with E-state index >= 15 is 0 Å². The fourth-order valence-electron chi connectivity index (χ4n) is 4.77. The van der Waals surface area contributed by atoms with E-state index in [9.17, 15) is 18.0 Å². The van der Waals surface area contributed by atoms with Gasteiger partial charge in [0.2, 0.25) is 21.8 Å². The molecule has 220 valence electrons. The Kier molecular flexibility index (Phi) is 9.49. The van der Waals surface area contributed by atoms with Crippen LogP contribution in [0, 0.1) is 6.92 Å². The fraction of sp³-hybridized carbons (Fsp3) is 0.294. The number of hydrogen-bond acceptors (Lipinski definition) is 4. The maximum absolute atomic E-state index is 14.1. The van der Waals surface area contributed by atoms with Gasteiger partial charge in [-0.05, 0) is 61.7 Å². The highest BCUT2D eigenvalue weighted by Crippen LogP contribution is 2.22. The minimum Gasteiger partial charge on any atom is -0.350 e. The summed E-state index contributed by atoms with van der Waals surface area (Å²) in [7, 11) is -2.59. The number of hydrogen-bond donors (Lipinski definition) is 1. The SMILES string of the molecule is Cc1ccc(CN(C(=O)CN(C)S(=O)(=O)c2ccc3ccccc3c2)[C@@H](Cc2ccccc2)C(=O)NC(C)(C)C)cc1. The number of benzene rings is 4. The Morgan fingerprint density at radius 3 is 2.07 bits per heavy atom. The Morgan fingerprint density at radius 1 is 0.810 bits per heavy atom. The summed E-state index contributed by atoms with van der Waals surface area (Å²) < 4.78 is 28.2. The molecule has 0 saturated carbocycles. The maximum atomic E-state index is 14.1. The molecule has 4 aromatic carbocycles. The standard InChI is InChI=1S/C34H39N3O4S/c1-25-15-17-27(18-16-25)23-37(31(33(39)35-34(2,3)4)21-26-11-7-6-8-12-26)32(38)24-36(5)42(40,41)30-20-19-28-13-9-10-14-29(28)22-30/h6-20,22,31H,21,23-24H2,1-5H3,(H,35,39)/t31-/m0/s1. The van der Waals surface area contributed by atoms with Crippen LogP contribution >= 0.6 is 0 Å². The minimum atomic E-state index is -3.99. The maximum Gasteiger partial charge on any atom is 0.243 e. The third kappa shape index (κ3) is 7.84. The monoisotopic (exact) mass is 585 g/mol. The highest BCUT2D eigenvalue weighted by atomic mass is 32.2. The molecule has 0 radical (unpaired) electrons. The van der Waals surface area contributed by atoms with Crippen LogP contribution in [0.25, 0.3) is 10.8 Å². The Balaban J connectivity index is 1.68. The first-order valence-electron chi connectivity index (χ1n) is 14.0. The number of nitrogens with one attached hydrogen (secondary N) is 1. The predicted molar refractivity (Wildman–Crippen MR) is 167 cm³/mol. The molecule has 1 atom stereocenters. The molecule has 2 amide bonds. The van der Waals surface area contributed by atoms with Crippen molar-refractivity contribution in [2.75, 3.05) is 13.6 Å². The number of carbonyl (C=O) groups excluding carboxylic acids is 2. The number of aryl methyl sites for hydroxylation is 1. The molecule has 42 heavy (non-hydrogen) atoms. The summed E-state index contributed by atoms with van der Waals surface area (Å²) in [5.41, 5.74) is 2.28. The molecule has 0 fully saturated rings. The summed E-state index contributed by atoms with van der Waals surface area (Å²) >= 11 is 0. The van der Waals surface area contributed by atoms with Gasteiger partial charge in [0.25, 0.3) is 0 Å². The second-order valence-corrected chi connectivity index (χ2v) is 13.8. The lowest BCUT2D eigenvalue weighted by molar-refractivity contribution is -0.141. The van der Waals surface area contributed by atoms with Gasteiger partial charge in [-0.25, -0.2) is 8.42 Å². The van der Waals surface area contributed by atoms with E-state index in [1.807, 2.05) is 107 Å². The van der Waals surface area contributed by atoms with Crippen molar-refractivity contribution >= 4 is 32.6 Å². The molecule has 7 nitrogen and oxygen atoms in total. The number of carbonyl (C=O) groups is 2. The number of amides is 2. The van der Waals surface area contributed by atoms with Gasteiger partial charge in [-0.15, -0.1) is 0 Å². The molecule has 0 aromatic heterocycles. The van der Waals surface area contributed by atoms with Crippen molar-refractivity contribution in [3.63, 3.8) is 0 Å². The van der Waals surface area contributed by atoms with Gasteiger partial charge in [0.05, 0.1) is 11.4 Å². The molecule has 0 saturated heterocycles. The quantitative estimate of drug-likeness (QED) is 0.273. The van der Waals surface area contributed by atoms with E-state index in [-0.39, 0.29) is 23.8 Å². The molecule has 0 aliphatic rings. The lowest BCUT2D eigenvalue weighted by Crippen LogP contribution is -2.56. The molecule has 0 bridgehead atoms. The highest BCUT2D eigenvalue weighted by molar-refractivity contribution is 7.89. The van der Waals surface area contributed by atoms with Crippen molar-refractivity contribution in [3.8, 4) is 0 Å². The zero-order valence-electron chi connectivity index (χ0n) is 24.9. The Hall–Kier alpha value is -4.01. The van der Waals surface area contributed by atoms with Crippen LogP contribution in [0.1, 0.15) is 37.5 Å². The second kappa shape index (κ2) is 12.9. The van der Waals surface area contributed by atoms with Gasteiger partial charge in [-0.2, -0.15) is 4.31 Å². The first-order chi connectivity index (χ1) is 19.8. The molecule has 4 aromatic rings. The molecule has 1 N–H and O–H groups in total. The molecular formula is C34H39N3O4S. The Labute approximate surface area is 249 Å². The van der Waals surface area contributed by atoms with E-state index in [1.165, 1.54) is 11.9 Å². The average molecular weight is 586 g/mol. The number of likely N-dealkylation sites (N-methyl/N-ethyl adjacent to an activating group) is 1. The number of sulfonamides is 1. The van der Waals surface area contributed by atoms with Gasteiger partial charge in [0, 0.05) is 25.6 Å². The molecule has 0 spiro atoms. The summed E-state index contributed by atoms with van der Waals surface area (Å²) in [4.78, 5) is 29.4. The smallest absolute Gasteiger partial charge is 0.243 e. The Bertz CT molecular complexity index is 1650.